The van der Waals surface area contributed by atoms with E-state index < -0.39 is 5.82 Å². The van der Waals surface area contributed by atoms with Gasteiger partial charge < -0.3 is 4.74 Å². The first-order valence-electron chi connectivity index (χ1n) is 5.41. The molecule has 0 aliphatic carbocycles. The van der Waals surface area contributed by atoms with Crippen LogP contribution in [-0.2, 0) is 11.9 Å². The minimum absolute atomic E-state index is 0.0112. The van der Waals surface area contributed by atoms with E-state index in [2.05, 4.69) is 15.9 Å². The minimum Gasteiger partial charge on any atom is -0.486 e. The summed E-state index contributed by atoms with van der Waals surface area (Å²) >= 11 is 3.24. The predicted octanol–water partition coefficient (Wildman–Crippen LogP) is 4.44. The summed E-state index contributed by atoms with van der Waals surface area (Å²) in [5, 5.41) is 0.581. The molecule has 0 aromatic heterocycles. The Morgan fingerprint density at radius 1 is 1.00 bits per heavy atom. The zero-order valence-electron chi connectivity index (χ0n) is 9.50. The van der Waals surface area contributed by atoms with Crippen LogP contribution < -0.4 is 4.74 Å². The summed E-state index contributed by atoms with van der Waals surface area (Å²) in [6.07, 6.45) is 0. The Morgan fingerprint density at radius 3 is 2.44 bits per heavy atom. The van der Waals surface area contributed by atoms with Gasteiger partial charge in [-0.3, -0.25) is 0 Å². The lowest BCUT2D eigenvalue weighted by atomic mass is 10.2. The van der Waals surface area contributed by atoms with E-state index in [9.17, 15) is 8.78 Å². The van der Waals surface area contributed by atoms with Crippen LogP contribution in [-0.4, -0.2) is 0 Å². The van der Waals surface area contributed by atoms with Crippen LogP contribution >= 0.6 is 15.9 Å². The molecule has 0 atom stereocenters. The summed E-state index contributed by atoms with van der Waals surface area (Å²) in [5.41, 5.74) is 1.23. The van der Waals surface area contributed by atoms with E-state index in [1.54, 1.807) is 30.3 Å². The fraction of sp³-hybridized carbons (Fsp3) is 0.143. The highest BCUT2D eigenvalue weighted by Crippen LogP contribution is 2.21. The van der Waals surface area contributed by atoms with Crippen molar-refractivity contribution >= 4 is 15.9 Å². The molecule has 2 rings (SSSR count). The molecule has 4 heteroatoms. The fourth-order valence-electron chi connectivity index (χ4n) is 1.52. The molecule has 0 aliphatic heterocycles. The highest BCUT2D eigenvalue weighted by molar-refractivity contribution is 9.08. The molecule has 0 saturated heterocycles. The van der Waals surface area contributed by atoms with Crippen molar-refractivity contribution < 1.29 is 13.5 Å². The maximum absolute atomic E-state index is 13.6. The molecule has 0 spiro atoms. The van der Waals surface area contributed by atoms with Crippen molar-refractivity contribution in [3.8, 4) is 5.75 Å². The second-order valence-corrected chi connectivity index (χ2v) is 4.34. The average molecular weight is 313 g/mol. The Hall–Kier alpha value is -1.42. The largest absolute Gasteiger partial charge is 0.486 e. The molecule has 2 aromatic rings. The third-order valence-corrected chi connectivity index (χ3v) is 3.14. The maximum Gasteiger partial charge on any atom is 0.165 e. The molecule has 18 heavy (non-hydrogen) atoms. The molecular weight excluding hydrogens is 302 g/mol. The molecule has 0 heterocycles. The number of rotatable bonds is 4. The molecule has 1 nitrogen and oxygen atoms in total. The van der Waals surface area contributed by atoms with Crippen molar-refractivity contribution in [2.24, 2.45) is 0 Å². The second-order valence-electron chi connectivity index (χ2n) is 3.78. The Bertz CT molecular complexity index is 543. The van der Waals surface area contributed by atoms with Crippen molar-refractivity contribution in [2.45, 2.75) is 11.9 Å². The summed E-state index contributed by atoms with van der Waals surface area (Å²) in [5.74, 6) is -0.666. The first kappa shape index (κ1) is 13.0. The van der Waals surface area contributed by atoms with Gasteiger partial charge in [-0.15, -0.1) is 0 Å². The Morgan fingerprint density at radius 2 is 1.78 bits per heavy atom. The Kier molecular flexibility index (Phi) is 4.31. The van der Waals surface area contributed by atoms with Crippen molar-refractivity contribution in [3.05, 3.63) is 65.2 Å². The standard InChI is InChI=1S/C14H11BrF2O/c15-8-10-5-6-14(13(17)7-10)18-9-11-3-1-2-4-12(11)16/h1-7H,8-9H2. The van der Waals surface area contributed by atoms with Crippen LogP contribution in [0.4, 0.5) is 8.78 Å². The van der Waals surface area contributed by atoms with Crippen molar-refractivity contribution in [3.63, 3.8) is 0 Å². The number of ether oxygens (including phenoxy) is 1. The van der Waals surface area contributed by atoms with Crippen LogP contribution in [0.1, 0.15) is 11.1 Å². The fourth-order valence-corrected chi connectivity index (χ4v) is 1.86. The van der Waals surface area contributed by atoms with Gasteiger partial charge in [0.05, 0.1) is 0 Å². The monoisotopic (exact) mass is 312 g/mol. The first-order chi connectivity index (χ1) is 8.70. The van der Waals surface area contributed by atoms with E-state index in [4.69, 9.17) is 4.74 Å². The van der Waals surface area contributed by atoms with Gasteiger partial charge in [-0.2, -0.15) is 0 Å². The van der Waals surface area contributed by atoms with Gasteiger partial charge >= 0.3 is 0 Å². The zero-order valence-corrected chi connectivity index (χ0v) is 11.1. The topological polar surface area (TPSA) is 9.23 Å². The van der Waals surface area contributed by atoms with Crippen LogP contribution in [0.2, 0.25) is 0 Å². The summed E-state index contributed by atoms with van der Waals surface area (Å²) in [4.78, 5) is 0. The van der Waals surface area contributed by atoms with Crippen molar-refractivity contribution in [1.82, 2.24) is 0 Å². The van der Waals surface area contributed by atoms with E-state index in [0.717, 1.165) is 5.56 Å². The minimum atomic E-state index is -0.441. The Balaban J connectivity index is 2.09. The van der Waals surface area contributed by atoms with Crippen LogP contribution in [0.5, 0.6) is 5.75 Å². The SMILES string of the molecule is Fc1ccccc1COc1ccc(CBr)cc1F. The molecule has 0 N–H and O–H groups in total. The van der Waals surface area contributed by atoms with Gasteiger partial charge in [0.1, 0.15) is 12.4 Å². The molecule has 0 bridgehead atoms. The molecule has 2 aromatic carbocycles. The smallest absolute Gasteiger partial charge is 0.165 e. The first-order valence-corrected chi connectivity index (χ1v) is 6.53. The van der Waals surface area contributed by atoms with Gasteiger partial charge in [0.25, 0.3) is 0 Å². The van der Waals surface area contributed by atoms with E-state index in [-0.39, 0.29) is 18.2 Å². The number of alkyl halides is 1. The highest BCUT2D eigenvalue weighted by atomic mass is 79.9. The lowest BCUT2D eigenvalue weighted by Crippen LogP contribution is -2.00. The Labute approximate surface area is 113 Å². The maximum atomic E-state index is 13.6. The molecular formula is C14H11BrF2O. The van der Waals surface area contributed by atoms with Gasteiger partial charge in [0.15, 0.2) is 11.6 Å². The number of hydrogen-bond acceptors (Lipinski definition) is 1. The third-order valence-electron chi connectivity index (χ3n) is 2.49. The van der Waals surface area contributed by atoms with Crippen LogP contribution in [0.15, 0.2) is 42.5 Å². The zero-order chi connectivity index (χ0) is 13.0. The number of hydrogen-bond donors (Lipinski definition) is 0. The molecule has 0 amide bonds. The van der Waals surface area contributed by atoms with E-state index in [1.807, 2.05) is 0 Å². The third kappa shape index (κ3) is 3.07. The predicted molar refractivity (Wildman–Crippen MR) is 69.8 cm³/mol. The summed E-state index contributed by atoms with van der Waals surface area (Å²) < 4.78 is 32.2. The van der Waals surface area contributed by atoms with E-state index >= 15 is 0 Å². The summed E-state index contributed by atoms with van der Waals surface area (Å²) in [6, 6.07) is 11.0. The quantitative estimate of drug-likeness (QED) is 0.758. The van der Waals surface area contributed by atoms with E-state index in [0.29, 0.717) is 10.9 Å². The molecule has 0 saturated carbocycles. The van der Waals surface area contributed by atoms with Crippen molar-refractivity contribution in [2.75, 3.05) is 0 Å². The van der Waals surface area contributed by atoms with Gasteiger partial charge in [-0.25, -0.2) is 8.78 Å². The molecule has 94 valence electrons. The lowest BCUT2D eigenvalue weighted by molar-refractivity contribution is 0.284. The number of halogens is 3. The van der Waals surface area contributed by atoms with Gasteiger partial charge in [0, 0.05) is 10.9 Å². The average Bonchev–Trinajstić information content (AvgIpc) is 2.39. The molecule has 0 aliphatic rings. The molecule has 0 unspecified atom stereocenters. The van der Waals surface area contributed by atoms with Gasteiger partial charge in [-0.05, 0) is 23.8 Å². The normalized spacial score (nSPS) is 10.4. The van der Waals surface area contributed by atoms with Crippen LogP contribution in [0.3, 0.4) is 0 Å². The second kappa shape index (κ2) is 5.96. The van der Waals surface area contributed by atoms with Crippen LogP contribution in [0, 0.1) is 11.6 Å². The summed E-state index contributed by atoms with van der Waals surface area (Å²) in [7, 11) is 0. The van der Waals surface area contributed by atoms with Gasteiger partial charge in [-0.1, -0.05) is 40.2 Å². The number of benzene rings is 2. The van der Waals surface area contributed by atoms with Crippen molar-refractivity contribution in [1.29, 1.82) is 0 Å². The summed E-state index contributed by atoms with van der Waals surface area (Å²) in [6.45, 7) is 0.0112. The van der Waals surface area contributed by atoms with Crippen LogP contribution in [0.25, 0.3) is 0 Å². The molecule has 0 radical (unpaired) electrons. The highest BCUT2D eigenvalue weighted by Gasteiger charge is 2.06. The lowest BCUT2D eigenvalue weighted by Gasteiger charge is -2.08. The molecule has 0 fully saturated rings. The van der Waals surface area contributed by atoms with E-state index in [1.165, 1.54) is 12.1 Å². The van der Waals surface area contributed by atoms with Gasteiger partial charge in [0.2, 0.25) is 0 Å².